The summed E-state index contributed by atoms with van der Waals surface area (Å²) >= 11 is 0. The van der Waals surface area contributed by atoms with E-state index in [1.807, 2.05) is 12.1 Å². The zero-order chi connectivity index (χ0) is 34.8. The van der Waals surface area contributed by atoms with Crippen LogP contribution >= 0.6 is 0 Å². The number of benzene rings is 7. The van der Waals surface area contributed by atoms with E-state index in [2.05, 4.69) is 176 Å². The molecule has 0 saturated heterocycles. The Labute approximate surface area is 302 Å². The number of hydrogen-bond acceptors (Lipinski definition) is 3. The molecule has 2 heterocycles. The molecule has 1 aliphatic carbocycles. The monoisotopic (exact) mass is 666 g/mol. The molecule has 0 bridgehead atoms. The van der Waals surface area contributed by atoms with Crippen LogP contribution in [0.25, 0.3) is 83.9 Å². The van der Waals surface area contributed by atoms with Crippen LogP contribution in [-0.2, 0) is 5.41 Å². The first-order valence-corrected chi connectivity index (χ1v) is 17.8. The van der Waals surface area contributed by atoms with Gasteiger partial charge in [-0.2, -0.15) is 9.97 Å². The van der Waals surface area contributed by atoms with Gasteiger partial charge >= 0.3 is 0 Å². The summed E-state index contributed by atoms with van der Waals surface area (Å²) < 4.78 is 2.23. The Bertz CT molecular complexity index is 2800. The summed E-state index contributed by atoms with van der Waals surface area (Å²) in [7, 11) is 0. The molecule has 246 valence electrons. The van der Waals surface area contributed by atoms with Crippen LogP contribution in [0.2, 0.25) is 0 Å². The third-order valence-electron chi connectivity index (χ3n) is 10.7. The summed E-state index contributed by atoms with van der Waals surface area (Å²) in [5.41, 5.74) is 13.7. The lowest BCUT2D eigenvalue weighted by Crippen LogP contribution is -2.15. The van der Waals surface area contributed by atoms with Gasteiger partial charge in [0.2, 0.25) is 5.95 Å². The van der Waals surface area contributed by atoms with E-state index in [9.17, 15) is 0 Å². The highest BCUT2D eigenvalue weighted by Gasteiger charge is 2.36. The predicted molar refractivity (Wildman–Crippen MR) is 213 cm³/mol. The molecule has 52 heavy (non-hydrogen) atoms. The van der Waals surface area contributed by atoms with Crippen molar-refractivity contribution in [2.45, 2.75) is 19.3 Å². The lowest BCUT2D eigenvalue weighted by atomic mass is 9.82. The Hall–Kier alpha value is -6.65. The number of nitrogens with zero attached hydrogens (tertiary/aromatic N) is 4. The van der Waals surface area contributed by atoms with E-state index in [0.717, 1.165) is 38.9 Å². The van der Waals surface area contributed by atoms with Crippen LogP contribution < -0.4 is 0 Å². The van der Waals surface area contributed by atoms with Crippen LogP contribution in [0.4, 0.5) is 0 Å². The lowest BCUT2D eigenvalue weighted by Gasteiger charge is -2.21. The molecule has 4 heteroatoms. The lowest BCUT2D eigenvalue weighted by molar-refractivity contribution is 0.661. The zero-order valence-electron chi connectivity index (χ0n) is 29.0. The van der Waals surface area contributed by atoms with Gasteiger partial charge in [-0.1, -0.05) is 159 Å². The molecule has 0 unspecified atom stereocenters. The van der Waals surface area contributed by atoms with Crippen LogP contribution in [0.3, 0.4) is 0 Å². The standard InChI is InChI=1S/C48H34N4/c1-48(2)41-22-11-9-20-37(41)39-29-40-38-21-10-12-23-43(38)52(44(40)30-42(39)48)47-50-45(34-26-24-33(25-27-34)31-14-5-3-6-15-31)49-46(51-47)36-19-13-18-35(28-36)32-16-7-4-8-17-32/h3-30H,1-2H3. The van der Waals surface area contributed by atoms with E-state index in [0.29, 0.717) is 17.6 Å². The number of fused-ring (bicyclic) bond motifs is 6. The molecule has 10 rings (SSSR count). The molecule has 7 aromatic carbocycles. The Morgan fingerprint density at radius 2 is 0.962 bits per heavy atom. The van der Waals surface area contributed by atoms with Gasteiger partial charge in [0, 0.05) is 27.3 Å². The van der Waals surface area contributed by atoms with Crippen molar-refractivity contribution in [2.75, 3.05) is 0 Å². The van der Waals surface area contributed by atoms with E-state index in [-0.39, 0.29) is 5.41 Å². The maximum Gasteiger partial charge on any atom is 0.238 e. The van der Waals surface area contributed by atoms with Crippen molar-refractivity contribution >= 4 is 21.8 Å². The van der Waals surface area contributed by atoms with Crippen LogP contribution in [0.5, 0.6) is 0 Å². The van der Waals surface area contributed by atoms with Crippen molar-refractivity contribution < 1.29 is 0 Å². The summed E-state index contributed by atoms with van der Waals surface area (Å²) in [6, 6.07) is 60.1. The highest BCUT2D eigenvalue weighted by molar-refractivity contribution is 6.11. The summed E-state index contributed by atoms with van der Waals surface area (Å²) in [5, 5.41) is 2.35. The van der Waals surface area contributed by atoms with Crippen molar-refractivity contribution in [2.24, 2.45) is 0 Å². The first kappa shape index (κ1) is 30.2. The molecular formula is C48H34N4. The van der Waals surface area contributed by atoms with Crippen molar-refractivity contribution in [1.29, 1.82) is 0 Å². The third kappa shape index (κ3) is 4.79. The van der Waals surface area contributed by atoms with Crippen molar-refractivity contribution in [1.82, 2.24) is 19.5 Å². The molecule has 0 atom stereocenters. The van der Waals surface area contributed by atoms with E-state index in [4.69, 9.17) is 15.0 Å². The third-order valence-corrected chi connectivity index (χ3v) is 10.7. The minimum atomic E-state index is -0.144. The average Bonchev–Trinajstić information content (AvgIpc) is 3.65. The molecule has 1 aliphatic rings. The highest BCUT2D eigenvalue weighted by atomic mass is 15.2. The normalized spacial score (nSPS) is 13.0. The molecule has 4 nitrogen and oxygen atoms in total. The molecule has 2 aromatic heterocycles. The van der Waals surface area contributed by atoms with Crippen molar-refractivity contribution in [3.05, 3.63) is 181 Å². The van der Waals surface area contributed by atoms with Crippen LogP contribution in [-0.4, -0.2) is 19.5 Å². The molecule has 0 spiro atoms. The molecule has 0 saturated carbocycles. The smallest absolute Gasteiger partial charge is 0.238 e. The van der Waals surface area contributed by atoms with Gasteiger partial charge in [0.1, 0.15) is 0 Å². The van der Waals surface area contributed by atoms with Crippen LogP contribution in [0, 0.1) is 0 Å². The summed E-state index contributed by atoms with van der Waals surface area (Å²) in [5.74, 6) is 1.85. The van der Waals surface area contributed by atoms with Crippen molar-refractivity contribution in [3.8, 4) is 62.1 Å². The van der Waals surface area contributed by atoms with Gasteiger partial charge in [0.25, 0.3) is 0 Å². The van der Waals surface area contributed by atoms with Gasteiger partial charge in [-0.3, -0.25) is 4.57 Å². The summed E-state index contributed by atoms with van der Waals surface area (Å²) in [4.78, 5) is 15.7. The first-order chi connectivity index (χ1) is 25.5. The Balaban J connectivity index is 1.21. The van der Waals surface area contributed by atoms with Gasteiger partial charge in [0.05, 0.1) is 11.0 Å². The number of hydrogen-bond donors (Lipinski definition) is 0. The minimum Gasteiger partial charge on any atom is -0.278 e. The SMILES string of the molecule is CC1(C)c2ccccc2-c2cc3c4ccccc4n(-c4nc(-c5ccc(-c6ccccc6)cc5)nc(-c5cccc(-c6ccccc6)c5)n4)c3cc21. The highest BCUT2D eigenvalue weighted by Crippen LogP contribution is 2.51. The molecule has 0 fully saturated rings. The first-order valence-electron chi connectivity index (χ1n) is 17.8. The quantitative estimate of drug-likeness (QED) is 0.184. The maximum atomic E-state index is 5.28. The fourth-order valence-electron chi connectivity index (χ4n) is 8.01. The molecule has 9 aromatic rings. The Kier molecular flexibility index (Phi) is 6.80. The Morgan fingerprint density at radius 1 is 0.385 bits per heavy atom. The zero-order valence-corrected chi connectivity index (χ0v) is 29.0. The summed E-state index contributed by atoms with van der Waals surface area (Å²) in [6.07, 6.45) is 0. The van der Waals surface area contributed by atoms with E-state index in [1.165, 1.54) is 38.6 Å². The number of aromatic nitrogens is 4. The van der Waals surface area contributed by atoms with Gasteiger partial charge in [-0.05, 0) is 68.8 Å². The topological polar surface area (TPSA) is 43.6 Å². The maximum absolute atomic E-state index is 5.28. The van der Waals surface area contributed by atoms with E-state index in [1.54, 1.807) is 0 Å². The largest absolute Gasteiger partial charge is 0.278 e. The van der Waals surface area contributed by atoms with Crippen LogP contribution in [0.15, 0.2) is 170 Å². The van der Waals surface area contributed by atoms with Crippen molar-refractivity contribution in [3.63, 3.8) is 0 Å². The average molecular weight is 667 g/mol. The van der Waals surface area contributed by atoms with E-state index < -0.39 is 0 Å². The molecule has 0 radical (unpaired) electrons. The van der Waals surface area contributed by atoms with Gasteiger partial charge in [-0.25, -0.2) is 4.98 Å². The second-order valence-corrected chi connectivity index (χ2v) is 14.1. The second kappa shape index (κ2) is 11.7. The Morgan fingerprint density at radius 3 is 1.73 bits per heavy atom. The van der Waals surface area contributed by atoms with Crippen LogP contribution in [0.1, 0.15) is 25.0 Å². The fourth-order valence-corrected chi connectivity index (χ4v) is 8.01. The molecular weight excluding hydrogens is 633 g/mol. The predicted octanol–water partition coefficient (Wildman–Crippen LogP) is 11.9. The summed E-state index contributed by atoms with van der Waals surface area (Å²) in [6.45, 7) is 4.66. The van der Waals surface area contributed by atoms with Gasteiger partial charge in [-0.15, -0.1) is 0 Å². The fraction of sp³-hybridized carbons (Fsp3) is 0.0625. The number of rotatable bonds is 5. The van der Waals surface area contributed by atoms with E-state index >= 15 is 0 Å². The number of para-hydroxylation sites is 1. The minimum absolute atomic E-state index is 0.144. The second-order valence-electron chi connectivity index (χ2n) is 14.1. The molecule has 0 amide bonds. The van der Waals surface area contributed by atoms with Gasteiger partial charge < -0.3 is 0 Å². The molecule has 0 N–H and O–H groups in total. The molecule has 0 aliphatic heterocycles. The van der Waals surface area contributed by atoms with Gasteiger partial charge in [0.15, 0.2) is 11.6 Å².